The average molecular weight is 355 g/mol. The number of hydrogen-bond donors (Lipinski definition) is 1. The Hall–Kier alpha value is -1.26. The Bertz CT molecular complexity index is 490. The lowest BCUT2D eigenvalue weighted by Gasteiger charge is -2.28. The van der Waals surface area contributed by atoms with E-state index in [1.165, 1.54) is 5.56 Å². The number of unbranched alkanes of at least 4 members (excludes halogenated alkanes) is 1. The van der Waals surface area contributed by atoms with Crippen LogP contribution in [0.2, 0.25) is 0 Å². The summed E-state index contributed by atoms with van der Waals surface area (Å²) in [7, 11) is 0. The monoisotopic (exact) mass is 354 g/mol. The second-order valence-corrected chi connectivity index (χ2v) is 6.36. The Kier molecular flexibility index (Phi) is 9.80. The number of halogens is 1. The summed E-state index contributed by atoms with van der Waals surface area (Å²) in [6.07, 6.45) is 4.56. The van der Waals surface area contributed by atoms with Gasteiger partial charge in [-0.25, -0.2) is 0 Å². The van der Waals surface area contributed by atoms with Crippen molar-refractivity contribution < 1.29 is 9.53 Å². The molecule has 1 aromatic carbocycles. The van der Waals surface area contributed by atoms with Crippen LogP contribution in [0.5, 0.6) is 5.75 Å². The second kappa shape index (κ2) is 11.3. The molecular weight excluding hydrogens is 324 g/mol. The molecule has 0 bridgehead atoms. The van der Waals surface area contributed by atoms with E-state index in [0.29, 0.717) is 25.0 Å². The molecule has 4 nitrogen and oxygen atoms in total. The zero-order valence-corrected chi connectivity index (χ0v) is 15.7. The van der Waals surface area contributed by atoms with E-state index in [0.717, 1.165) is 51.1 Å². The number of nitrogens with one attached hydrogen (secondary N) is 1. The molecule has 1 aromatic rings. The molecule has 0 aromatic heterocycles. The maximum absolute atomic E-state index is 12.5. The van der Waals surface area contributed by atoms with E-state index >= 15 is 0 Å². The number of nitrogens with zero attached hydrogens (tertiary/aromatic N) is 1. The lowest BCUT2D eigenvalue weighted by molar-refractivity contribution is -0.133. The van der Waals surface area contributed by atoms with Gasteiger partial charge in [0, 0.05) is 25.6 Å². The van der Waals surface area contributed by atoms with Gasteiger partial charge in [-0.3, -0.25) is 4.79 Å². The van der Waals surface area contributed by atoms with Crippen LogP contribution in [0.1, 0.15) is 44.6 Å². The van der Waals surface area contributed by atoms with Crippen molar-refractivity contribution in [2.24, 2.45) is 0 Å². The largest absolute Gasteiger partial charge is 0.494 e. The minimum Gasteiger partial charge on any atom is -0.494 e. The molecule has 1 atom stereocenters. The van der Waals surface area contributed by atoms with E-state index in [-0.39, 0.29) is 12.4 Å². The van der Waals surface area contributed by atoms with Crippen LogP contribution in [-0.4, -0.2) is 43.1 Å². The molecule has 1 aliphatic rings. The van der Waals surface area contributed by atoms with E-state index in [9.17, 15) is 4.79 Å². The molecule has 1 saturated heterocycles. The highest BCUT2D eigenvalue weighted by Gasteiger charge is 2.25. The van der Waals surface area contributed by atoms with Gasteiger partial charge in [0.15, 0.2) is 0 Å². The third kappa shape index (κ3) is 6.70. The average Bonchev–Trinajstić information content (AvgIpc) is 3.06. The van der Waals surface area contributed by atoms with Gasteiger partial charge in [-0.2, -0.15) is 0 Å². The normalized spacial score (nSPS) is 16.5. The number of carbonyl (C=O) groups is 1. The summed E-state index contributed by atoms with van der Waals surface area (Å²) in [6, 6.07) is 8.49. The van der Waals surface area contributed by atoms with Crippen molar-refractivity contribution in [2.75, 3.05) is 26.2 Å². The van der Waals surface area contributed by atoms with Gasteiger partial charge in [0.05, 0.1) is 6.61 Å². The molecule has 0 spiro atoms. The first-order valence-corrected chi connectivity index (χ1v) is 8.90. The highest BCUT2D eigenvalue weighted by Crippen LogP contribution is 2.14. The number of rotatable bonds is 9. The molecule has 1 heterocycles. The van der Waals surface area contributed by atoms with Gasteiger partial charge in [0.1, 0.15) is 5.75 Å². The summed E-state index contributed by atoms with van der Waals surface area (Å²) in [6.45, 7) is 7.73. The maximum Gasteiger partial charge on any atom is 0.222 e. The van der Waals surface area contributed by atoms with Crippen LogP contribution in [-0.2, 0) is 4.79 Å². The lowest BCUT2D eigenvalue weighted by Crippen LogP contribution is -2.42. The van der Waals surface area contributed by atoms with Crippen LogP contribution in [0, 0.1) is 6.92 Å². The Labute approximate surface area is 152 Å². The summed E-state index contributed by atoms with van der Waals surface area (Å²) < 4.78 is 5.74. The summed E-state index contributed by atoms with van der Waals surface area (Å²) in [4.78, 5) is 14.5. The Morgan fingerprint density at radius 1 is 1.38 bits per heavy atom. The molecule has 136 valence electrons. The number of hydrogen-bond acceptors (Lipinski definition) is 3. The van der Waals surface area contributed by atoms with Crippen molar-refractivity contribution >= 4 is 18.3 Å². The lowest BCUT2D eigenvalue weighted by atomic mass is 10.1. The van der Waals surface area contributed by atoms with Gasteiger partial charge < -0.3 is 15.0 Å². The molecule has 2 rings (SSSR count). The van der Waals surface area contributed by atoms with E-state index in [2.05, 4.69) is 30.1 Å². The maximum atomic E-state index is 12.5. The highest BCUT2D eigenvalue weighted by molar-refractivity contribution is 5.85. The first-order valence-electron chi connectivity index (χ1n) is 8.90. The molecule has 5 heteroatoms. The topological polar surface area (TPSA) is 41.6 Å². The van der Waals surface area contributed by atoms with E-state index in [1.54, 1.807) is 0 Å². The molecule has 1 aliphatic heterocycles. The molecule has 0 aliphatic carbocycles. The van der Waals surface area contributed by atoms with Crippen LogP contribution in [0.15, 0.2) is 24.3 Å². The van der Waals surface area contributed by atoms with Crippen molar-refractivity contribution in [1.29, 1.82) is 0 Å². The molecule has 0 radical (unpaired) electrons. The van der Waals surface area contributed by atoms with Crippen molar-refractivity contribution in [3.05, 3.63) is 29.8 Å². The minimum atomic E-state index is 0. The molecule has 1 N–H and O–H groups in total. The van der Waals surface area contributed by atoms with Gasteiger partial charge in [-0.1, -0.05) is 19.1 Å². The standard InChI is InChI=1S/C19H30N2O2.ClH/c1-3-12-21(17-10-11-20-15-17)19(22)9-4-5-13-23-18-8-6-7-16(2)14-18;/h6-8,14,17,20H,3-5,9-13,15H2,1-2H3;1H. The molecule has 0 saturated carbocycles. The third-order valence-corrected chi connectivity index (χ3v) is 4.30. The molecule has 1 unspecified atom stereocenters. The Morgan fingerprint density at radius 3 is 2.88 bits per heavy atom. The van der Waals surface area contributed by atoms with Crippen molar-refractivity contribution in [2.45, 2.75) is 52.0 Å². The van der Waals surface area contributed by atoms with Crippen LogP contribution in [0.3, 0.4) is 0 Å². The molecular formula is C19H31ClN2O2. The highest BCUT2D eigenvalue weighted by atomic mass is 35.5. The second-order valence-electron chi connectivity index (χ2n) is 6.36. The summed E-state index contributed by atoms with van der Waals surface area (Å²) >= 11 is 0. The zero-order valence-electron chi connectivity index (χ0n) is 14.9. The number of amides is 1. The first-order chi connectivity index (χ1) is 11.2. The Balaban J connectivity index is 0.00000288. The van der Waals surface area contributed by atoms with Crippen molar-refractivity contribution in [3.63, 3.8) is 0 Å². The summed E-state index contributed by atoms with van der Waals surface area (Å²) in [5.74, 6) is 1.22. The number of aryl methyl sites for hydroxylation is 1. The zero-order chi connectivity index (χ0) is 16.5. The van der Waals surface area contributed by atoms with Gasteiger partial charge in [-0.05, 0) is 56.8 Å². The van der Waals surface area contributed by atoms with Gasteiger partial charge in [0.25, 0.3) is 0 Å². The van der Waals surface area contributed by atoms with E-state index in [1.807, 2.05) is 18.2 Å². The fourth-order valence-corrected chi connectivity index (χ4v) is 3.07. The first kappa shape index (κ1) is 20.8. The fourth-order valence-electron chi connectivity index (χ4n) is 3.07. The number of ether oxygens (including phenoxy) is 1. The predicted octanol–water partition coefficient (Wildman–Crippen LogP) is 3.57. The van der Waals surface area contributed by atoms with Crippen molar-refractivity contribution in [1.82, 2.24) is 10.2 Å². The minimum absolute atomic E-state index is 0. The fraction of sp³-hybridized carbons (Fsp3) is 0.632. The van der Waals surface area contributed by atoms with Gasteiger partial charge in [0.2, 0.25) is 5.91 Å². The molecule has 24 heavy (non-hydrogen) atoms. The van der Waals surface area contributed by atoms with E-state index < -0.39 is 0 Å². The molecule has 1 amide bonds. The number of carbonyl (C=O) groups excluding carboxylic acids is 1. The quantitative estimate of drug-likeness (QED) is 0.689. The van der Waals surface area contributed by atoms with Crippen LogP contribution in [0.25, 0.3) is 0 Å². The van der Waals surface area contributed by atoms with E-state index in [4.69, 9.17) is 4.74 Å². The summed E-state index contributed by atoms with van der Waals surface area (Å²) in [5.41, 5.74) is 1.21. The van der Waals surface area contributed by atoms with Crippen LogP contribution in [0.4, 0.5) is 0 Å². The van der Waals surface area contributed by atoms with Crippen molar-refractivity contribution in [3.8, 4) is 5.75 Å². The Morgan fingerprint density at radius 2 is 2.21 bits per heavy atom. The number of benzene rings is 1. The third-order valence-electron chi connectivity index (χ3n) is 4.30. The van der Waals surface area contributed by atoms with Gasteiger partial charge in [-0.15, -0.1) is 12.4 Å². The van der Waals surface area contributed by atoms with Gasteiger partial charge >= 0.3 is 0 Å². The van der Waals surface area contributed by atoms with Crippen LogP contribution >= 0.6 is 12.4 Å². The molecule has 1 fully saturated rings. The smallest absolute Gasteiger partial charge is 0.222 e. The SMILES string of the molecule is CCCN(C(=O)CCCCOc1cccc(C)c1)C1CCNC1.Cl. The predicted molar refractivity (Wildman–Crippen MR) is 101 cm³/mol. The summed E-state index contributed by atoms with van der Waals surface area (Å²) in [5, 5.41) is 3.35. The van der Waals surface area contributed by atoms with Crippen LogP contribution < -0.4 is 10.1 Å².